The molecule has 0 spiro atoms. The molecule has 4 heteroatoms. The summed E-state index contributed by atoms with van der Waals surface area (Å²) in [6, 6.07) is 10.2. The zero-order valence-corrected chi connectivity index (χ0v) is 12.4. The van der Waals surface area contributed by atoms with Gasteiger partial charge in [0, 0.05) is 10.5 Å². The summed E-state index contributed by atoms with van der Waals surface area (Å²) in [5.74, 6) is 0.433. The number of hydrogen-bond acceptors (Lipinski definition) is 2. The molecule has 2 rings (SSSR count). The average Bonchev–Trinajstić information content (AvgIpc) is 2.34. The van der Waals surface area contributed by atoms with Crippen LogP contribution in [0.25, 0.3) is 0 Å². The van der Waals surface area contributed by atoms with Gasteiger partial charge in [0.1, 0.15) is 5.75 Å². The summed E-state index contributed by atoms with van der Waals surface area (Å²) in [5.41, 5.74) is 7.40. The summed E-state index contributed by atoms with van der Waals surface area (Å²) in [6.07, 6.45) is 0. The topological polar surface area (TPSA) is 35.2 Å². The fourth-order valence-corrected chi connectivity index (χ4v) is 2.20. The zero-order valence-electron chi connectivity index (χ0n) is 10.8. The largest absolute Gasteiger partial charge is 0.454 e. The molecule has 2 N–H and O–H groups in total. The molecule has 0 aliphatic rings. The van der Waals surface area contributed by atoms with Gasteiger partial charge in [-0.15, -0.1) is 0 Å². The second kappa shape index (κ2) is 5.72. The van der Waals surface area contributed by atoms with E-state index in [0.717, 1.165) is 15.6 Å². The van der Waals surface area contributed by atoms with Crippen molar-refractivity contribution in [1.82, 2.24) is 0 Å². The van der Waals surface area contributed by atoms with Gasteiger partial charge in [-0.05, 0) is 55.3 Å². The Morgan fingerprint density at radius 1 is 1.16 bits per heavy atom. The quantitative estimate of drug-likeness (QED) is 0.887. The molecule has 0 unspecified atom stereocenters. The van der Waals surface area contributed by atoms with Gasteiger partial charge >= 0.3 is 0 Å². The van der Waals surface area contributed by atoms with Gasteiger partial charge in [0.15, 0.2) is 11.6 Å². The lowest BCUT2D eigenvalue weighted by atomic mass is 10.1. The highest BCUT2D eigenvalue weighted by Gasteiger charge is 2.09. The Kier molecular flexibility index (Phi) is 4.22. The number of aryl methyl sites for hydroxylation is 1. The van der Waals surface area contributed by atoms with Crippen molar-refractivity contribution >= 4 is 15.9 Å². The SMILES string of the molecule is Cc1cc(Br)ccc1Oc1ccc([C@@H](C)N)cc1F. The Bertz CT molecular complexity index is 599. The maximum atomic E-state index is 13.9. The normalized spacial score (nSPS) is 12.3. The molecule has 100 valence electrons. The molecule has 0 aliphatic carbocycles. The molecule has 2 aromatic rings. The zero-order chi connectivity index (χ0) is 14.0. The van der Waals surface area contributed by atoms with Crippen LogP contribution in [-0.4, -0.2) is 0 Å². The van der Waals surface area contributed by atoms with Crippen LogP contribution in [0.3, 0.4) is 0 Å². The van der Waals surface area contributed by atoms with Crippen LogP contribution in [0.2, 0.25) is 0 Å². The van der Waals surface area contributed by atoms with Crippen LogP contribution in [0.5, 0.6) is 11.5 Å². The minimum absolute atomic E-state index is 0.196. The van der Waals surface area contributed by atoms with Crippen molar-refractivity contribution in [3.05, 3.63) is 57.8 Å². The summed E-state index contributed by atoms with van der Waals surface area (Å²) < 4.78 is 20.5. The van der Waals surface area contributed by atoms with Crippen molar-refractivity contribution < 1.29 is 9.13 Å². The standard InChI is InChI=1S/C15H15BrFNO/c1-9-7-12(16)4-6-14(9)19-15-5-3-11(10(2)18)8-13(15)17/h3-8,10H,18H2,1-2H3/t10-/m1/s1. The van der Waals surface area contributed by atoms with Crippen molar-refractivity contribution in [1.29, 1.82) is 0 Å². The van der Waals surface area contributed by atoms with Gasteiger partial charge in [-0.25, -0.2) is 4.39 Å². The van der Waals surface area contributed by atoms with E-state index in [1.54, 1.807) is 18.2 Å². The summed E-state index contributed by atoms with van der Waals surface area (Å²) >= 11 is 3.38. The summed E-state index contributed by atoms with van der Waals surface area (Å²) in [4.78, 5) is 0. The van der Waals surface area contributed by atoms with Gasteiger partial charge in [0.25, 0.3) is 0 Å². The molecule has 0 aromatic heterocycles. The summed E-state index contributed by atoms with van der Waals surface area (Å²) in [6.45, 7) is 3.72. The van der Waals surface area contributed by atoms with Crippen LogP contribution in [-0.2, 0) is 0 Å². The van der Waals surface area contributed by atoms with E-state index >= 15 is 0 Å². The molecule has 2 aromatic carbocycles. The highest BCUT2D eigenvalue weighted by molar-refractivity contribution is 9.10. The second-order valence-corrected chi connectivity index (χ2v) is 5.41. The third-order valence-electron chi connectivity index (χ3n) is 2.84. The van der Waals surface area contributed by atoms with Crippen molar-refractivity contribution in [3.8, 4) is 11.5 Å². The average molecular weight is 324 g/mol. The molecule has 0 fully saturated rings. The van der Waals surface area contributed by atoms with Crippen molar-refractivity contribution in [2.75, 3.05) is 0 Å². The number of hydrogen-bond donors (Lipinski definition) is 1. The van der Waals surface area contributed by atoms with E-state index in [4.69, 9.17) is 10.5 Å². The first kappa shape index (κ1) is 14.0. The third kappa shape index (κ3) is 3.33. The Morgan fingerprint density at radius 2 is 1.84 bits per heavy atom. The second-order valence-electron chi connectivity index (χ2n) is 4.49. The van der Waals surface area contributed by atoms with Gasteiger partial charge in [-0.2, -0.15) is 0 Å². The van der Waals surface area contributed by atoms with E-state index in [1.807, 2.05) is 26.0 Å². The molecule has 1 atom stereocenters. The predicted molar refractivity (Wildman–Crippen MR) is 78.0 cm³/mol. The number of rotatable bonds is 3. The molecule has 0 saturated heterocycles. The number of halogens is 2. The molecule has 0 bridgehead atoms. The lowest BCUT2D eigenvalue weighted by molar-refractivity contribution is 0.438. The third-order valence-corrected chi connectivity index (χ3v) is 3.33. The molecule has 0 amide bonds. The molecule has 2 nitrogen and oxygen atoms in total. The molecular formula is C15H15BrFNO. The van der Waals surface area contributed by atoms with Crippen molar-refractivity contribution in [2.45, 2.75) is 19.9 Å². The predicted octanol–water partition coefficient (Wildman–Crippen LogP) is 4.71. The summed E-state index contributed by atoms with van der Waals surface area (Å²) in [7, 11) is 0. The van der Waals surface area contributed by atoms with E-state index in [-0.39, 0.29) is 11.8 Å². The fraction of sp³-hybridized carbons (Fsp3) is 0.200. The van der Waals surface area contributed by atoms with Gasteiger partial charge in [0.05, 0.1) is 0 Å². The monoisotopic (exact) mass is 323 g/mol. The molecule has 0 saturated carbocycles. The molecular weight excluding hydrogens is 309 g/mol. The fourth-order valence-electron chi connectivity index (χ4n) is 1.73. The van der Waals surface area contributed by atoms with Crippen molar-refractivity contribution in [3.63, 3.8) is 0 Å². The smallest absolute Gasteiger partial charge is 0.166 e. The Hall–Kier alpha value is -1.39. The molecule has 0 heterocycles. The maximum Gasteiger partial charge on any atom is 0.166 e. The lowest BCUT2D eigenvalue weighted by Crippen LogP contribution is -2.05. The number of ether oxygens (including phenoxy) is 1. The van der Waals surface area contributed by atoms with Crippen LogP contribution in [0.4, 0.5) is 4.39 Å². The van der Waals surface area contributed by atoms with Gasteiger partial charge in [0.2, 0.25) is 0 Å². The van der Waals surface area contributed by atoms with Crippen molar-refractivity contribution in [2.24, 2.45) is 5.73 Å². The van der Waals surface area contributed by atoms with E-state index in [0.29, 0.717) is 5.75 Å². The number of benzene rings is 2. The molecule has 0 aliphatic heterocycles. The first-order valence-corrected chi connectivity index (χ1v) is 6.75. The Morgan fingerprint density at radius 3 is 2.42 bits per heavy atom. The van der Waals surface area contributed by atoms with E-state index < -0.39 is 5.82 Å². The van der Waals surface area contributed by atoms with Crippen LogP contribution in [0.15, 0.2) is 40.9 Å². The minimum atomic E-state index is -0.405. The maximum absolute atomic E-state index is 13.9. The summed E-state index contributed by atoms with van der Waals surface area (Å²) in [5, 5.41) is 0. The van der Waals surface area contributed by atoms with Crippen LogP contribution in [0, 0.1) is 12.7 Å². The van der Waals surface area contributed by atoms with Gasteiger partial charge in [-0.1, -0.05) is 22.0 Å². The first-order chi connectivity index (χ1) is 8.97. The van der Waals surface area contributed by atoms with Crippen LogP contribution in [0.1, 0.15) is 24.1 Å². The van der Waals surface area contributed by atoms with E-state index in [2.05, 4.69) is 15.9 Å². The van der Waals surface area contributed by atoms with Crippen LogP contribution >= 0.6 is 15.9 Å². The minimum Gasteiger partial charge on any atom is -0.454 e. The van der Waals surface area contributed by atoms with E-state index in [9.17, 15) is 4.39 Å². The molecule has 0 radical (unpaired) electrons. The highest BCUT2D eigenvalue weighted by atomic mass is 79.9. The Labute approximate surface area is 120 Å². The van der Waals surface area contributed by atoms with Crippen LogP contribution < -0.4 is 10.5 Å². The number of nitrogens with two attached hydrogens (primary N) is 1. The van der Waals surface area contributed by atoms with Gasteiger partial charge in [-0.3, -0.25) is 0 Å². The Balaban J connectivity index is 2.28. The van der Waals surface area contributed by atoms with E-state index in [1.165, 1.54) is 6.07 Å². The first-order valence-electron chi connectivity index (χ1n) is 5.96. The lowest BCUT2D eigenvalue weighted by Gasteiger charge is -2.12. The molecule has 19 heavy (non-hydrogen) atoms. The van der Waals surface area contributed by atoms with Gasteiger partial charge < -0.3 is 10.5 Å². The highest BCUT2D eigenvalue weighted by Crippen LogP contribution is 2.30.